The van der Waals surface area contributed by atoms with E-state index in [9.17, 15) is 9.18 Å². The van der Waals surface area contributed by atoms with E-state index in [2.05, 4.69) is 27.4 Å². The number of benzene rings is 1. The van der Waals surface area contributed by atoms with E-state index in [4.69, 9.17) is 0 Å². The zero-order valence-electron chi connectivity index (χ0n) is 12.3. The highest BCUT2D eigenvalue weighted by atomic mass is 32.2. The number of tetrazole rings is 1. The first kappa shape index (κ1) is 16.2. The molecule has 1 aromatic heterocycles. The van der Waals surface area contributed by atoms with Gasteiger partial charge in [0.1, 0.15) is 5.82 Å². The Morgan fingerprint density at radius 2 is 2.23 bits per heavy atom. The Kier molecular flexibility index (Phi) is 5.26. The normalized spacial score (nSPS) is 10.5. The molecule has 6 nitrogen and oxygen atoms in total. The fourth-order valence-corrected chi connectivity index (χ4v) is 2.42. The molecule has 2 rings (SSSR count). The van der Waals surface area contributed by atoms with Crippen molar-refractivity contribution in [3.63, 3.8) is 0 Å². The molecule has 0 bridgehead atoms. The van der Waals surface area contributed by atoms with Gasteiger partial charge in [-0.2, -0.15) is 4.68 Å². The molecular weight excluding hydrogens is 305 g/mol. The summed E-state index contributed by atoms with van der Waals surface area (Å²) in [6.07, 6.45) is 0. The Balaban J connectivity index is 2.09. The summed E-state index contributed by atoms with van der Waals surface area (Å²) in [5.74, 6) is 0.726. The van der Waals surface area contributed by atoms with Gasteiger partial charge < -0.3 is 5.32 Å². The fourth-order valence-electron chi connectivity index (χ4n) is 1.72. The lowest BCUT2D eigenvalue weighted by Crippen LogP contribution is -2.16. The number of aryl methyl sites for hydroxylation is 1. The van der Waals surface area contributed by atoms with Crippen LogP contribution in [0, 0.1) is 12.7 Å². The largest absolute Gasteiger partial charge is 0.323 e. The SMILES string of the molecule is C=C(C)CSCC(=O)Nc1cc(-n2nnnc2C)ccc1F. The molecular formula is C14H16FN5OS. The summed E-state index contributed by atoms with van der Waals surface area (Å²) in [5.41, 5.74) is 1.67. The standard InChI is InChI=1S/C14H16FN5OS/c1-9(2)7-22-8-14(21)16-13-6-11(4-5-12(13)15)20-10(3)17-18-19-20/h4-6H,1,7-8H2,2-3H3,(H,16,21). The van der Waals surface area contributed by atoms with Crippen LogP contribution in [-0.2, 0) is 4.79 Å². The lowest BCUT2D eigenvalue weighted by Gasteiger charge is -2.09. The Morgan fingerprint density at radius 3 is 2.86 bits per heavy atom. The maximum atomic E-state index is 13.8. The maximum Gasteiger partial charge on any atom is 0.234 e. The van der Waals surface area contributed by atoms with E-state index in [-0.39, 0.29) is 17.3 Å². The highest BCUT2D eigenvalue weighted by Crippen LogP contribution is 2.19. The molecule has 0 fully saturated rings. The van der Waals surface area contributed by atoms with Crippen molar-refractivity contribution in [2.75, 3.05) is 16.8 Å². The molecule has 1 aromatic carbocycles. The van der Waals surface area contributed by atoms with Gasteiger partial charge in [-0.1, -0.05) is 12.2 Å². The summed E-state index contributed by atoms with van der Waals surface area (Å²) < 4.78 is 15.3. The highest BCUT2D eigenvalue weighted by Gasteiger charge is 2.11. The molecule has 1 amide bonds. The zero-order valence-corrected chi connectivity index (χ0v) is 13.2. The molecule has 0 aliphatic heterocycles. The lowest BCUT2D eigenvalue weighted by molar-refractivity contribution is -0.113. The van der Waals surface area contributed by atoms with E-state index >= 15 is 0 Å². The van der Waals surface area contributed by atoms with Crippen molar-refractivity contribution in [3.05, 3.63) is 42.0 Å². The minimum atomic E-state index is -0.507. The van der Waals surface area contributed by atoms with Crippen molar-refractivity contribution >= 4 is 23.4 Å². The molecule has 116 valence electrons. The first-order valence-corrected chi connectivity index (χ1v) is 7.69. The minimum absolute atomic E-state index is 0.105. The molecule has 22 heavy (non-hydrogen) atoms. The second-order valence-electron chi connectivity index (χ2n) is 4.80. The number of anilines is 1. The summed E-state index contributed by atoms with van der Waals surface area (Å²) in [4.78, 5) is 11.8. The van der Waals surface area contributed by atoms with Gasteiger partial charge in [-0.05, 0) is 42.5 Å². The maximum absolute atomic E-state index is 13.8. The lowest BCUT2D eigenvalue weighted by atomic mass is 10.2. The van der Waals surface area contributed by atoms with Gasteiger partial charge in [-0.3, -0.25) is 4.79 Å². The molecule has 0 spiro atoms. The number of hydrogen-bond acceptors (Lipinski definition) is 5. The number of hydrogen-bond donors (Lipinski definition) is 1. The van der Waals surface area contributed by atoms with Crippen LogP contribution in [0.3, 0.4) is 0 Å². The second-order valence-corrected chi connectivity index (χ2v) is 5.79. The summed E-state index contributed by atoms with van der Waals surface area (Å²) in [5, 5.41) is 13.7. The summed E-state index contributed by atoms with van der Waals surface area (Å²) in [7, 11) is 0. The number of nitrogens with zero attached hydrogens (tertiary/aromatic N) is 4. The van der Waals surface area contributed by atoms with E-state index < -0.39 is 5.82 Å². The van der Waals surface area contributed by atoms with Crippen LogP contribution in [0.25, 0.3) is 5.69 Å². The molecule has 8 heteroatoms. The van der Waals surface area contributed by atoms with Crippen molar-refractivity contribution in [3.8, 4) is 5.69 Å². The first-order valence-electron chi connectivity index (χ1n) is 6.54. The van der Waals surface area contributed by atoms with Crippen molar-refractivity contribution < 1.29 is 9.18 Å². The molecule has 0 unspecified atom stereocenters. The molecule has 1 N–H and O–H groups in total. The molecule has 0 aliphatic rings. The Bertz CT molecular complexity index is 700. The van der Waals surface area contributed by atoms with Crippen molar-refractivity contribution in [1.82, 2.24) is 20.2 Å². The van der Waals surface area contributed by atoms with E-state index in [0.29, 0.717) is 17.3 Å². The highest BCUT2D eigenvalue weighted by molar-refractivity contribution is 8.00. The van der Waals surface area contributed by atoms with Crippen molar-refractivity contribution in [1.29, 1.82) is 0 Å². The van der Waals surface area contributed by atoms with Crippen molar-refractivity contribution in [2.24, 2.45) is 0 Å². The van der Waals surface area contributed by atoms with E-state index in [1.54, 1.807) is 13.0 Å². The molecule has 0 atom stereocenters. The first-order chi connectivity index (χ1) is 10.5. The fraction of sp³-hybridized carbons (Fsp3) is 0.286. The van der Waals surface area contributed by atoms with Crippen LogP contribution in [0.4, 0.5) is 10.1 Å². The third kappa shape index (κ3) is 4.14. The summed E-state index contributed by atoms with van der Waals surface area (Å²) in [6, 6.07) is 4.32. The number of rotatable bonds is 6. The van der Waals surface area contributed by atoms with Gasteiger partial charge in [0.15, 0.2) is 5.82 Å². The van der Waals surface area contributed by atoms with Gasteiger partial charge in [0.2, 0.25) is 5.91 Å². The summed E-state index contributed by atoms with van der Waals surface area (Å²) >= 11 is 1.43. The smallest absolute Gasteiger partial charge is 0.234 e. The van der Waals surface area contributed by atoms with Crippen LogP contribution < -0.4 is 5.32 Å². The van der Waals surface area contributed by atoms with Gasteiger partial charge in [-0.15, -0.1) is 16.9 Å². The number of amides is 1. The average molecular weight is 321 g/mol. The average Bonchev–Trinajstić information content (AvgIpc) is 2.87. The van der Waals surface area contributed by atoms with E-state index in [0.717, 1.165) is 5.57 Å². The zero-order chi connectivity index (χ0) is 16.1. The molecule has 0 saturated carbocycles. The van der Waals surface area contributed by atoms with Crippen LogP contribution in [0.5, 0.6) is 0 Å². The number of thioether (sulfide) groups is 1. The third-order valence-electron chi connectivity index (χ3n) is 2.68. The Morgan fingerprint density at radius 1 is 1.45 bits per heavy atom. The van der Waals surface area contributed by atoms with Gasteiger partial charge in [-0.25, -0.2) is 4.39 Å². The number of aromatic nitrogens is 4. The van der Waals surface area contributed by atoms with Crippen LogP contribution in [-0.4, -0.2) is 37.6 Å². The Hall–Kier alpha value is -2.22. The summed E-state index contributed by atoms with van der Waals surface area (Å²) in [6.45, 7) is 7.39. The van der Waals surface area contributed by atoms with Crippen molar-refractivity contribution in [2.45, 2.75) is 13.8 Å². The van der Waals surface area contributed by atoms with Crippen LogP contribution in [0.1, 0.15) is 12.7 Å². The van der Waals surface area contributed by atoms with Gasteiger partial charge in [0.25, 0.3) is 0 Å². The van der Waals surface area contributed by atoms with Gasteiger partial charge in [0, 0.05) is 5.75 Å². The number of carbonyl (C=O) groups excluding carboxylic acids is 1. The van der Waals surface area contributed by atoms with Gasteiger partial charge >= 0.3 is 0 Å². The molecule has 0 aliphatic carbocycles. The second kappa shape index (κ2) is 7.17. The predicted octanol–water partition coefficient (Wildman–Crippen LogP) is 2.36. The molecule has 0 saturated heterocycles. The Labute approximate surface area is 131 Å². The van der Waals surface area contributed by atoms with Crippen LogP contribution in [0.2, 0.25) is 0 Å². The third-order valence-corrected chi connectivity index (χ3v) is 3.84. The van der Waals surface area contributed by atoms with E-state index in [1.807, 2.05) is 6.92 Å². The van der Waals surface area contributed by atoms with Crippen LogP contribution in [0.15, 0.2) is 30.4 Å². The monoisotopic (exact) mass is 321 g/mol. The number of carbonyl (C=O) groups is 1. The van der Waals surface area contributed by atoms with E-state index in [1.165, 1.54) is 28.6 Å². The topological polar surface area (TPSA) is 72.7 Å². The number of halogens is 1. The van der Waals surface area contributed by atoms with Gasteiger partial charge in [0.05, 0.1) is 17.1 Å². The minimum Gasteiger partial charge on any atom is -0.323 e. The molecule has 0 radical (unpaired) electrons. The quantitative estimate of drug-likeness (QED) is 0.827. The number of nitrogens with one attached hydrogen (secondary N) is 1. The predicted molar refractivity (Wildman–Crippen MR) is 84.6 cm³/mol. The molecule has 2 aromatic rings. The van der Waals surface area contributed by atoms with Crippen LogP contribution >= 0.6 is 11.8 Å². The molecule has 1 heterocycles.